The molecular weight excluding hydrogens is 466 g/mol. The summed E-state index contributed by atoms with van der Waals surface area (Å²) >= 11 is 2.90. The first-order valence-electron chi connectivity index (χ1n) is 11.4. The van der Waals surface area contributed by atoms with Crippen molar-refractivity contribution in [2.45, 2.75) is 37.9 Å². The average Bonchev–Trinajstić information content (AvgIpc) is 3.44. The van der Waals surface area contributed by atoms with Crippen LogP contribution in [0.1, 0.15) is 29.3 Å². The van der Waals surface area contributed by atoms with E-state index >= 15 is 0 Å². The fraction of sp³-hybridized carbons (Fsp3) is 0.269. The van der Waals surface area contributed by atoms with E-state index in [2.05, 4.69) is 5.32 Å². The minimum absolute atomic E-state index is 0.0687. The fourth-order valence-electron chi connectivity index (χ4n) is 4.18. The summed E-state index contributed by atoms with van der Waals surface area (Å²) in [5.41, 5.74) is 2.84. The van der Waals surface area contributed by atoms with Crippen LogP contribution in [0.2, 0.25) is 0 Å². The summed E-state index contributed by atoms with van der Waals surface area (Å²) in [6, 6.07) is 17.2. The Balaban J connectivity index is 1.45. The molecule has 8 heteroatoms. The summed E-state index contributed by atoms with van der Waals surface area (Å²) in [6.07, 6.45) is 3.00. The number of rotatable bonds is 8. The third-order valence-corrected chi connectivity index (χ3v) is 7.90. The number of aromatic nitrogens is 2. The molecule has 0 unspecified atom stereocenters. The van der Waals surface area contributed by atoms with E-state index in [1.165, 1.54) is 16.6 Å². The van der Waals surface area contributed by atoms with Gasteiger partial charge in [0.1, 0.15) is 10.6 Å². The number of carbonyl (C=O) groups excluding carboxylic acids is 1. The highest BCUT2D eigenvalue weighted by Crippen LogP contribution is 2.36. The van der Waals surface area contributed by atoms with Crippen molar-refractivity contribution < 1.29 is 9.53 Å². The molecule has 1 amide bonds. The van der Waals surface area contributed by atoms with E-state index < -0.39 is 0 Å². The first-order chi connectivity index (χ1) is 16.6. The molecule has 0 spiro atoms. The molecule has 1 aliphatic rings. The van der Waals surface area contributed by atoms with E-state index in [1.807, 2.05) is 61.5 Å². The van der Waals surface area contributed by atoms with Crippen LogP contribution in [0.5, 0.6) is 5.75 Å². The lowest BCUT2D eigenvalue weighted by Crippen LogP contribution is -2.26. The van der Waals surface area contributed by atoms with Crippen LogP contribution in [0.15, 0.2) is 64.5 Å². The van der Waals surface area contributed by atoms with Crippen LogP contribution < -0.4 is 15.6 Å². The van der Waals surface area contributed by atoms with E-state index in [1.54, 1.807) is 15.9 Å². The van der Waals surface area contributed by atoms with Gasteiger partial charge in [0.15, 0.2) is 5.16 Å². The van der Waals surface area contributed by atoms with E-state index in [0.29, 0.717) is 24.0 Å². The molecule has 6 nitrogen and oxygen atoms in total. The Morgan fingerprint density at radius 1 is 1.15 bits per heavy atom. The van der Waals surface area contributed by atoms with Crippen molar-refractivity contribution >= 4 is 39.2 Å². The van der Waals surface area contributed by atoms with Crippen LogP contribution in [0.25, 0.3) is 15.9 Å². The lowest BCUT2D eigenvalue weighted by molar-refractivity contribution is -0.118. The molecule has 0 radical (unpaired) electrons. The number of thiophene rings is 1. The first-order valence-corrected chi connectivity index (χ1v) is 13.2. The van der Waals surface area contributed by atoms with E-state index in [9.17, 15) is 9.59 Å². The van der Waals surface area contributed by atoms with Crippen molar-refractivity contribution in [1.29, 1.82) is 0 Å². The van der Waals surface area contributed by atoms with E-state index in [-0.39, 0.29) is 17.2 Å². The standard InChI is InChI=1S/C26H25N3O3S2/c1-2-32-19-13-11-18(12-14-19)29-25(31)23-20-9-6-10-21(20)34-24(23)28-26(29)33-16-22(30)27-15-17-7-4-3-5-8-17/h3-5,7-8,11-14H,2,6,9-10,15-16H2,1H3,(H,27,30). The second-order valence-electron chi connectivity index (χ2n) is 8.05. The fourth-order valence-corrected chi connectivity index (χ4v) is 6.33. The quantitative estimate of drug-likeness (QED) is 0.285. The molecule has 2 heterocycles. The molecule has 0 bridgehead atoms. The van der Waals surface area contributed by atoms with Crippen molar-refractivity contribution in [3.63, 3.8) is 0 Å². The maximum absolute atomic E-state index is 13.7. The number of aryl methyl sites for hydroxylation is 2. The first kappa shape index (κ1) is 22.7. The number of benzene rings is 2. The maximum atomic E-state index is 13.7. The summed E-state index contributed by atoms with van der Waals surface area (Å²) in [4.78, 5) is 33.2. The Hall–Kier alpha value is -3.10. The molecule has 2 aromatic carbocycles. The highest BCUT2D eigenvalue weighted by Gasteiger charge is 2.24. The number of fused-ring (bicyclic) bond motifs is 3. The number of thioether (sulfide) groups is 1. The zero-order chi connectivity index (χ0) is 23.5. The Morgan fingerprint density at radius 3 is 2.71 bits per heavy atom. The summed E-state index contributed by atoms with van der Waals surface area (Å²) in [7, 11) is 0. The topological polar surface area (TPSA) is 73.2 Å². The zero-order valence-electron chi connectivity index (χ0n) is 18.9. The van der Waals surface area contributed by atoms with Crippen LogP contribution >= 0.6 is 23.1 Å². The SMILES string of the molecule is CCOc1ccc(-n2c(SCC(=O)NCc3ccccc3)nc3sc4c(c3c2=O)CCC4)cc1. The van der Waals surface area contributed by atoms with Crippen LogP contribution in [-0.4, -0.2) is 27.8 Å². The number of carbonyl (C=O) groups is 1. The average molecular weight is 492 g/mol. The molecule has 4 aromatic rings. The van der Waals surface area contributed by atoms with Gasteiger partial charge >= 0.3 is 0 Å². The third-order valence-electron chi connectivity index (χ3n) is 5.78. The molecule has 174 valence electrons. The van der Waals surface area contributed by atoms with Crippen molar-refractivity contribution in [3.8, 4) is 11.4 Å². The second kappa shape index (κ2) is 10.0. The Labute approximate surface area is 206 Å². The number of hydrogen-bond acceptors (Lipinski definition) is 6. The molecular formula is C26H25N3O3S2. The third kappa shape index (κ3) is 4.60. The van der Waals surface area contributed by atoms with Gasteiger partial charge in [0.25, 0.3) is 5.56 Å². The number of nitrogens with one attached hydrogen (secondary N) is 1. The Bertz CT molecular complexity index is 1380. The normalized spacial score (nSPS) is 12.6. The zero-order valence-corrected chi connectivity index (χ0v) is 20.5. The van der Waals surface area contributed by atoms with Crippen LogP contribution in [0, 0.1) is 0 Å². The number of ether oxygens (including phenoxy) is 1. The highest BCUT2D eigenvalue weighted by molar-refractivity contribution is 7.99. The predicted molar refractivity (Wildman–Crippen MR) is 137 cm³/mol. The molecule has 0 saturated carbocycles. The largest absolute Gasteiger partial charge is 0.494 e. The molecule has 2 aromatic heterocycles. The van der Waals surface area contributed by atoms with Gasteiger partial charge < -0.3 is 10.1 Å². The van der Waals surface area contributed by atoms with Crippen LogP contribution in [0.4, 0.5) is 0 Å². The van der Waals surface area contributed by atoms with Gasteiger partial charge in [-0.05, 0) is 61.6 Å². The minimum atomic E-state index is -0.102. The molecule has 0 atom stereocenters. The predicted octanol–water partition coefficient (Wildman–Crippen LogP) is 4.74. The number of hydrogen-bond donors (Lipinski definition) is 1. The van der Waals surface area contributed by atoms with Gasteiger partial charge in [-0.25, -0.2) is 4.98 Å². The minimum Gasteiger partial charge on any atom is -0.494 e. The van der Waals surface area contributed by atoms with Crippen LogP contribution in [-0.2, 0) is 24.2 Å². The molecule has 0 aliphatic heterocycles. The monoisotopic (exact) mass is 491 g/mol. The molecule has 5 rings (SSSR count). The summed E-state index contributed by atoms with van der Waals surface area (Å²) in [5, 5.41) is 4.20. The molecule has 1 aliphatic carbocycles. The van der Waals surface area contributed by atoms with Gasteiger partial charge in [0.05, 0.1) is 23.4 Å². The second-order valence-corrected chi connectivity index (χ2v) is 10.1. The lowest BCUT2D eigenvalue weighted by Gasteiger charge is -2.13. The van der Waals surface area contributed by atoms with Gasteiger partial charge in [0.2, 0.25) is 5.91 Å². The van der Waals surface area contributed by atoms with Crippen molar-refractivity contribution in [3.05, 3.63) is 81.0 Å². The van der Waals surface area contributed by atoms with E-state index in [4.69, 9.17) is 9.72 Å². The number of amides is 1. The summed E-state index contributed by atoms with van der Waals surface area (Å²) in [6.45, 7) is 2.98. The van der Waals surface area contributed by atoms with Crippen molar-refractivity contribution in [1.82, 2.24) is 14.9 Å². The summed E-state index contributed by atoms with van der Waals surface area (Å²) < 4.78 is 7.20. The summed E-state index contributed by atoms with van der Waals surface area (Å²) in [5.74, 6) is 0.821. The van der Waals surface area contributed by atoms with Gasteiger partial charge in [-0.1, -0.05) is 42.1 Å². The molecule has 0 saturated heterocycles. The molecule has 1 N–H and O–H groups in total. The van der Waals surface area contributed by atoms with Gasteiger partial charge in [0, 0.05) is 11.4 Å². The Kier molecular flexibility index (Phi) is 6.69. The lowest BCUT2D eigenvalue weighted by atomic mass is 10.2. The number of nitrogens with zero attached hydrogens (tertiary/aromatic N) is 2. The van der Waals surface area contributed by atoms with Gasteiger partial charge in [-0.3, -0.25) is 14.2 Å². The molecule has 34 heavy (non-hydrogen) atoms. The highest BCUT2D eigenvalue weighted by atomic mass is 32.2. The van der Waals surface area contributed by atoms with Gasteiger partial charge in [-0.2, -0.15) is 0 Å². The van der Waals surface area contributed by atoms with Gasteiger partial charge in [-0.15, -0.1) is 11.3 Å². The maximum Gasteiger partial charge on any atom is 0.267 e. The van der Waals surface area contributed by atoms with Crippen molar-refractivity contribution in [2.75, 3.05) is 12.4 Å². The van der Waals surface area contributed by atoms with Crippen molar-refractivity contribution in [2.24, 2.45) is 0 Å². The van der Waals surface area contributed by atoms with E-state index in [0.717, 1.165) is 46.4 Å². The van der Waals surface area contributed by atoms with Crippen LogP contribution in [0.3, 0.4) is 0 Å². The Morgan fingerprint density at radius 2 is 1.94 bits per heavy atom. The smallest absolute Gasteiger partial charge is 0.267 e. The molecule has 0 fully saturated rings.